The fourth-order valence-corrected chi connectivity index (χ4v) is 5.72. The normalized spacial score (nSPS) is 15.4. The van der Waals surface area contributed by atoms with Gasteiger partial charge in [0.15, 0.2) is 0 Å². The van der Waals surface area contributed by atoms with Crippen molar-refractivity contribution < 1.29 is 18.3 Å². The van der Waals surface area contributed by atoms with Crippen LogP contribution in [0.2, 0.25) is 10.0 Å². The van der Waals surface area contributed by atoms with Gasteiger partial charge in [0.25, 0.3) is 10.0 Å². The fourth-order valence-electron chi connectivity index (χ4n) is 3.74. The van der Waals surface area contributed by atoms with Crippen molar-refractivity contribution >= 4 is 55.9 Å². The molecule has 0 bridgehead atoms. The monoisotopic (exact) mass is 467 g/mol. The highest BCUT2D eigenvalue weighted by molar-refractivity contribution is 7.90. The Morgan fingerprint density at radius 1 is 1.00 bits per heavy atom. The largest absolute Gasteiger partial charge is 0.465 e. The first-order valence-electron chi connectivity index (χ1n) is 9.32. The highest BCUT2D eigenvalue weighted by Gasteiger charge is 2.24. The van der Waals surface area contributed by atoms with Crippen molar-refractivity contribution in [3.05, 3.63) is 58.7 Å². The molecule has 1 aromatic heterocycles. The van der Waals surface area contributed by atoms with Crippen LogP contribution in [0.4, 0.5) is 10.5 Å². The summed E-state index contributed by atoms with van der Waals surface area (Å²) in [6, 6.07) is 11.3. The van der Waals surface area contributed by atoms with Gasteiger partial charge in [-0.2, -0.15) is 0 Å². The number of rotatable bonds is 3. The zero-order chi connectivity index (χ0) is 21.5. The summed E-state index contributed by atoms with van der Waals surface area (Å²) in [5, 5.41) is 10.6. The van der Waals surface area contributed by atoms with Crippen LogP contribution in [0.15, 0.2) is 53.6 Å². The highest BCUT2D eigenvalue weighted by atomic mass is 35.5. The van der Waals surface area contributed by atoms with Crippen LogP contribution in [0.5, 0.6) is 0 Å². The van der Waals surface area contributed by atoms with Crippen molar-refractivity contribution in [2.45, 2.75) is 11.3 Å². The molecule has 1 aliphatic rings. The van der Waals surface area contributed by atoms with Crippen LogP contribution in [0.25, 0.3) is 10.9 Å². The van der Waals surface area contributed by atoms with Crippen LogP contribution in [-0.4, -0.2) is 54.7 Å². The summed E-state index contributed by atoms with van der Waals surface area (Å²) in [6.45, 7) is 2.01. The van der Waals surface area contributed by atoms with Gasteiger partial charge < -0.3 is 14.9 Å². The Morgan fingerprint density at radius 2 is 1.80 bits per heavy atom. The summed E-state index contributed by atoms with van der Waals surface area (Å²) in [5.74, 6) is 0. The molecular weight excluding hydrogens is 449 g/mol. The minimum Gasteiger partial charge on any atom is -0.465 e. The summed E-state index contributed by atoms with van der Waals surface area (Å²) in [7, 11) is -3.90. The van der Waals surface area contributed by atoms with Crippen LogP contribution < -0.4 is 4.90 Å². The lowest BCUT2D eigenvalue weighted by atomic mass is 10.2. The Morgan fingerprint density at radius 3 is 2.53 bits per heavy atom. The number of aromatic nitrogens is 1. The lowest BCUT2D eigenvalue weighted by Gasteiger charge is -2.24. The second-order valence-electron chi connectivity index (χ2n) is 7.01. The number of halogens is 2. The zero-order valence-corrected chi connectivity index (χ0v) is 18.2. The lowest BCUT2D eigenvalue weighted by Crippen LogP contribution is -2.34. The molecule has 2 aromatic carbocycles. The standard InChI is InChI=1S/C20H19Cl2N3O4S/c21-14-3-1-4-15(13-14)30(28,29)25-10-7-16-18(6-5-17(22)19(16)25)23-8-2-9-24(12-11-23)20(26)27/h1,3-7,10,13H,2,8-9,11-12H2,(H,26,27). The van der Waals surface area contributed by atoms with Gasteiger partial charge >= 0.3 is 6.09 Å². The minimum atomic E-state index is -3.90. The quantitative estimate of drug-likeness (QED) is 0.617. The number of amides is 1. The maximum absolute atomic E-state index is 13.2. The average Bonchev–Trinajstić information content (AvgIpc) is 3.02. The van der Waals surface area contributed by atoms with Crippen LogP contribution in [-0.2, 0) is 10.0 Å². The molecule has 7 nitrogen and oxygen atoms in total. The Bertz CT molecular complexity index is 1230. The first-order chi connectivity index (χ1) is 14.3. The van der Waals surface area contributed by atoms with E-state index in [0.29, 0.717) is 53.5 Å². The molecular formula is C20H19Cl2N3O4S. The molecule has 30 heavy (non-hydrogen) atoms. The van der Waals surface area contributed by atoms with Crippen LogP contribution >= 0.6 is 23.2 Å². The third-order valence-electron chi connectivity index (χ3n) is 5.20. The number of fused-ring (bicyclic) bond motifs is 1. The van der Waals surface area contributed by atoms with Gasteiger partial charge in [0.2, 0.25) is 0 Å². The molecule has 3 aromatic rings. The van der Waals surface area contributed by atoms with Gasteiger partial charge in [-0.15, -0.1) is 0 Å². The van der Waals surface area contributed by atoms with E-state index in [2.05, 4.69) is 4.90 Å². The zero-order valence-electron chi connectivity index (χ0n) is 15.8. The van der Waals surface area contributed by atoms with Crippen molar-refractivity contribution in [2.75, 3.05) is 31.1 Å². The summed E-state index contributed by atoms with van der Waals surface area (Å²) in [5.41, 5.74) is 1.20. The molecule has 1 amide bonds. The molecule has 1 aliphatic heterocycles. The number of hydrogen-bond acceptors (Lipinski definition) is 4. The Balaban J connectivity index is 1.78. The van der Waals surface area contributed by atoms with Gasteiger partial charge in [0.1, 0.15) is 0 Å². The number of anilines is 1. The van der Waals surface area contributed by atoms with Gasteiger partial charge in [-0.25, -0.2) is 17.2 Å². The van der Waals surface area contributed by atoms with Crippen LogP contribution in [0.3, 0.4) is 0 Å². The number of nitrogens with zero attached hydrogens (tertiary/aromatic N) is 3. The van der Waals surface area contributed by atoms with Gasteiger partial charge in [0, 0.05) is 48.5 Å². The van der Waals surface area contributed by atoms with Crippen molar-refractivity contribution in [3.63, 3.8) is 0 Å². The summed E-state index contributed by atoms with van der Waals surface area (Å²) >= 11 is 12.4. The summed E-state index contributed by atoms with van der Waals surface area (Å²) in [4.78, 5) is 14.8. The molecule has 2 heterocycles. The average molecular weight is 468 g/mol. The van der Waals surface area contributed by atoms with E-state index in [1.807, 2.05) is 6.07 Å². The maximum atomic E-state index is 13.2. The summed E-state index contributed by atoms with van der Waals surface area (Å²) < 4.78 is 27.6. The molecule has 0 aliphatic carbocycles. The van der Waals surface area contributed by atoms with E-state index >= 15 is 0 Å². The maximum Gasteiger partial charge on any atom is 0.407 e. The predicted octanol–water partition coefficient (Wildman–Crippen LogP) is 4.38. The number of carbonyl (C=O) groups is 1. The second kappa shape index (κ2) is 8.02. The molecule has 4 rings (SSSR count). The third-order valence-corrected chi connectivity index (χ3v) is 7.41. The van der Waals surface area contributed by atoms with Crippen LogP contribution in [0.1, 0.15) is 6.42 Å². The molecule has 10 heteroatoms. The Hall–Kier alpha value is -2.42. The molecule has 0 unspecified atom stereocenters. The second-order valence-corrected chi connectivity index (χ2v) is 9.67. The predicted molar refractivity (Wildman–Crippen MR) is 117 cm³/mol. The fraction of sp³-hybridized carbons (Fsp3) is 0.250. The first kappa shape index (κ1) is 20.8. The van der Waals surface area contributed by atoms with Gasteiger partial charge in [-0.1, -0.05) is 29.3 Å². The number of hydrogen-bond donors (Lipinski definition) is 1. The lowest BCUT2D eigenvalue weighted by molar-refractivity contribution is 0.148. The van der Waals surface area contributed by atoms with E-state index in [1.165, 1.54) is 27.2 Å². The number of benzene rings is 2. The van der Waals surface area contributed by atoms with Crippen LogP contribution in [0, 0.1) is 0 Å². The van der Waals surface area contributed by atoms with Gasteiger partial charge in [-0.05, 0) is 42.8 Å². The Kier molecular flexibility index (Phi) is 5.57. The first-order valence-corrected chi connectivity index (χ1v) is 11.5. The minimum absolute atomic E-state index is 0.0702. The molecule has 1 saturated heterocycles. The van der Waals surface area contributed by atoms with E-state index in [-0.39, 0.29) is 4.90 Å². The molecule has 0 spiro atoms. The molecule has 1 N–H and O–H groups in total. The third kappa shape index (κ3) is 3.71. The smallest absolute Gasteiger partial charge is 0.407 e. The number of carboxylic acid groups (broad SMARTS) is 1. The topological polar surface area (TPSA) is 82.8 Å². The van der Waals surface area contributed by atoms with Crippen molar-refractivity contribution in [1.29, 1.82) is 0 Å². The SMILES string of the molecule is O=C(O)N1CCCN(c2ccc(Cl)c3c2ccn3S(=O)(=O)c2cccc(Cl)c2)CC1. The van der Waals surface area contributed by atoms with Gasteiger partial charge in [0.05, 0.1) is 15.4 Å². The molecule has 0 saturated carbocycles. The summed E-state index contributed by atoms with van der Waals surface area (Å²) in [6.07, 6.45) is 1.23. The van der Waals surface area contributed by atoms with E-state index in [4.69, 9.17) is 23.2 Å². The van der Waals surface area contributed by atoms with Gasteiger partial charge in [-0.3, -0.25) is 0 Å². The van der Waals surface area contributed by atoms with Crippen molar-refractivity contribution in [1.82, 2.24) is 8.87 Å². The van der Waals surface area contributed by atoms with Crippen molar-refractivity contribution in [2.24, 2.45) is 0 Å². The molecule has 158 valence electrons. The van der Waals surface area contributed by atoms with E-state index < -0.39 is 16.1 Å². The highest BCUT2D eigenvalue weighted by Crippen LogP contribution is 2.35. The van der Waals surface area contributed by atoms with E-state index in [9.17, 15) is 18.3 Å². The molecule has 0 atom stereocenters. The molecule has 0 radical (unpaired) electrons. The Labute approximate surface area is 184 Å². The van der Waals surface area contributed by atoms with E-state index in [0.717, 1.165) is 5.69 Å². The molecule has 1 fully saturated rings. The van der Waals surface area contributed by atoms with Crippen molar-refractivity contribution in [3.8, 4) is 0 Å². The van der Waals surface area contributed by atoms with E-state index in [1.54, 1.807) is 24.3 Å².